The van der Waals surface area contributed by atoms with Crippen molar-refractivity contribution < 1.29 is 14.6 Å². The first-order chi connectivity index (χ1) is 10.7. The molecule has 0 aliphatic rings. The van der Waals surface area contributed by atoms with Crippen LogP contribution in [0.1, 0.15) is 16.7 Å². The molecule has 0 amide bonds. The van der Waals surface area contributed by atoms with E-state index in [0.717, 1.165) is 22.4 Å². The summed E-state index contributed by atoms with van der Waals surface area (Å²) in [5.74, 6) is 0.705. The lowest BCUT2D eigenvalue weighted by atomic mass is 10.1. The minimum absolute atomic E-state index is 0.0214. The number of ketones is 1. The largest absolute Gasteiger partial charge is 0.497 e. The third-order valence-electron chi connectivity index (χ3n) is 3.16. The summed E-state index contributed by atoms with van der Waals surface area (Å²) in [7, 11) is 1.62. The lowest BCUT2D eigenvalue weighted by Gasteiger charge is -1.98. The predicted molar refractivity (Wildman–Crippen MR) is 88.4 cm³/mol. The molecule has 0 saturated heterocycles. The van der Waals surface area contributed by atoms with Crippen LogP contribution in [-0.2, 0) is 11.4 Å². The Balaban J connectivity index is 1.95. The van der Waals surface area contributed by atoms with Gasteiger partial charge in [0.15, 0.2) is 5.78 Å². The Morgan fingerprint density at radius 3 is 1.91 bits per heavy atom. The van der Waals surface area contributed by atoms with Crippen LogP contribution in [0.15, 0.2) is 60.7 Å². The molecule has 22 heavy (non-hydrogen) atoms. The average Bonchev–Trinajstić information content (AvgIpc) is 2.59. The van der Waals surface area contributed by atoms with Gasteiger partial charge in [-0.2, -0.15) is 0 Å². The van der Waals surface area contributed by atoms with Gasteiger partial charge in [0.1, 0.15) is 5.75 Å². The van der Waals surface area contributed by atoms with Crippen LogP contribution in [0.2, 0.25) is 0 Å². The minimum Gasteiger partial charge on any atom is -0.497 e. The molecule has 0 aromatic heterocycles. The number of aliphatic hydroxyl groups is 1. The van der Waals surface area contributed by atoms with Crippen molar-refractivity contribution in [1.29, 1.82) is 0 Å². The molecule has 112 valence electrons. The summed E-state index contributed by atoms with van der Waals surface area (Å²) >= 11 is 0. The molecular weight excluding hydrogens is 276 g/mol. The van der Waals surface area contributed by atoms with Gasteiger partial charge in [0.25, 0.3) is 0 Å². The fraction of sp³-hybridized carbons (Fsp3) is 0.105. The standard InChI is InChI=1S/C19H18O3/c1-22-19-12-8-16(9-13-19)7-11-18(21)10-6-15-2-4-17(14-20)5-3-15/h2-13,20H,14H2,1H3. The van der Waals surface area contributed by atoms with Crippen molar-refractivity contribution in [2.75, 3.05) is 7.11 Å². The van der Waals surface area contributed by atoms with E-state index in [1.807, 2.05) is 48.5 Å². The van der Waals surface area contributed by atoms with Crippen LogP contribution < -0.4 is 4.74 Å². The summed E-state index contributed by atoms with van der Waals surface area (Å²) in [5, 5.41) is 8.97. The monoisotopic (exact) mass is 294 g/mol. The molecule has 3 nitrogen and oxygen atoms in total. The van der Waals surface area contributed by atoms with Gasteiger partial charge in [0.05, 0.1) is 13.7 Å². The fourth-order valence-corrected chi connectivity index (χ4v) is 1.86. The van der Waals surface area contributed by atoms with E-state index in [9.17, 15) is 4.79 Å². The Hall–Kier alpha value is -2.65. The van der Waals surface area contributed by atoms with Crippen LogP contribution in [0.5, 0.6) is 5.75 Å². The number of rotatable bonds is 6. The van der Waals surface area contributed by atoms with E-state index in [1.165, 1.54) is 12.2 Å². The summed E-state index contributed by atoms with van der Waals surface area (Å²) < 4.78 is 5.08. The maximum Gasteiger partial charge on any atom is 0.178 e. The Kier molecular flexibility index (Phi) is 5.69. The van der Waals surface area contributed by atoms with Gasteiger partial charge < -0.3 is 9.84 Å². The number of aliphatic hydroxyl groups excluding tert-OH is 1. The Morgan fingerprint density at radius 1 is 0.955 bits per heavy atom. The SMILES string of the molecule is COc1ccc(C=CC(=O)C=Cc2ccc(CO)cc2)cc1. The van der Waals surface area contributed by atoms with Crippen molar-refractivity contribution in [2.45, 2.75) is 6.61 Å². The number of benzene rings is 2. The lowest BCUT2D eigenvalue weighted by molar-refractivity contribution is -0.110. The number of ether oxygens (including phenoxy) is 1. The van der Waals surface area contributed by atoms with E-state index >= 15 is 0 Å². The van der Waals surface area contributed by atoms with Crippen molar-refractivity contribution in [3.05, 3.63) is 77.4 Å². The third-order valence-corrected chi connectivity index (χ3v) is 3.16. The van der Waals surface area contributed by atoms with Gasteiger partial charge >= 0.3 is 0 Å². The zero-order valence-corrected chi connectivity index (χ0v) is 12.4. The van der Waals surface area contributed by atoms with Gasteiger partial charge in [-0.05, 0) is 41.0 Å². The van der Waals surface area contributed by atoms with Crippen molar-refractivity contribution >= 4 is 17.9 Å². The molecule has 1 N–H and O–H groups in total. The normalized spacial score (nSPS) is 11.2. The van der Waals surface area contributed by atoms with E-state index in [1.54, 1.807) is 19.3 Å². The van der Waals surface area contributed by atoms with Gasteiger partial charge in [0.2, 0.25) is 0 Å². The van der Waals surface area contributed by atoms with Crippen molar-refractivity contribution in [3.8, 4) is 5.75 Å². The first kappa shape index (κ1) is 15.7. The van der Waals surface area contributed by atoms with Crippen LogP contribution in [0.4, 0.5) is 0 Å². The van der Waals surface area contributed by atoms with Crippen molar-refractivity contribution in [2.24, 2.45) is 0 Å². The van der Waals surface area contributed by atoms with Gasteiger partial charge in [-0.1, -0.05) is 48.6 Å². The highest BCUT2D eigenvalue weighted by molar-refractivity contribution is 6.04. The molecule has 0 heterocycles. The summed E-state index contributed by atoms with van der Waals surface area (Å²) in [6.07, 6.45) is 6.57. The van der Waals surface area contributed by atoms with Crippen LogP contribution in [0.3, 0.4) is 0 Å². The molecule has 0 saturated carbocycles. The number of carbonyl (C=O) groups excluding carboxylic acids is 1. The maximum atomic E-state index is 11.8. The Bertz CT molecular complexity index is 605. The van der Waals surface area contributed by atoms with E-state index in [-0.39, 0.29) is 12.4 Å². The zero-order valence-electron chi connectivity index (χ0n) is 12.4. The molecule has 0 radical (unpaired) electrons. The fourth-order valence-electron chi connectivity index (χ4n) is 1.86. The number of hydrogen-bond donors (Lipinski definition) is 1. The number of methoxy groups -OCH3 is 1. The first-order valence-electron chi connectivity index (χ1n) is 6.95. The van der Waals surface area contributed by atoms with Crippen LogP contribution in [-0.4, -0.2) is 18.0 Å². The molecule has 0 aliphatic heterocycles. The lowest BCUT2D eigenvalue weighted by Crippen LogP contribution is -1.86. The maximum absolute atomic E-state index is 11.8. The second-order valence-corrected chi connectivity index (χ2v) is 4.74. The van der Waals surface area contributed by atoms with Crippen molar-refractivity contribution in [3.63, 3.8) is 0 Å². The molecule has 0 fully saturated rings. The molecule has 0 bridgehead atoms. The quantitative estimate of drug-likeness (QED) is 0.830. The average molecular weight is 294 g/mol. The summed E-state index contributed by atoms with van der Waals surface area (Å²) in [5.41, 5.74) is 2.71. The van der Waals surface area contributed by atoms with Gasteiger partial charge in [-0.25, -0.2) is 0 Å². The van der Waals surface area contributed by atoms with E-state index in [4.69, 9.17) is 9.84 Å². The molecule has 0 aliphatic carbocycles. The molecule has 2 rings (SSSR count). The summed E-state index contributed by atoms with van der Waals surface area (Å²) in [4.78, 5) is 11.8. The highest BCUT2D eigenvalue weighted by Gasteiger charge is 1.94. The van der Waals surface area contributed by atoms with Crippen LogP contribution in [0.25, 0.3) is 12.2 Å². The smallest absolute Gasteiger partial charge is 0.178 e. The highest BCUT2D eigenvalue weighted by Crippen LogP contribution is 2.12. The second-order valence-electron chi connectivity index (χ2n) is 4.74. The number of allylic oxidation sites excluding steroid dienone is 2. The van der Waals surface area contributed by atoms with Gasteiger partial charge in [0, 0.05) is 0 Å². The molecule has 0 atom stereocenters. The molecule has 2 aromatic carbocycles. The molecule has 2 aromatic rings. The Labute approximate surface area is 130 Å². The molecule has 0 unspecified atom stereocenters. The van der Waals surface area contributed by atoms with Crippen LogP contribution in [0, 0.1) is 0 Å². The number of hydrogen-bond acceptors (Lipinski definition) is 3. The second kappa shape index (κ2) is 7.96. The first-order valence-corrected chi connectivity index (χ1v) is 6.95. The van der Waals surface area contributed by atoms with E-state index < -0.39 is 0 Å². The molecule has 0 spiro atoms. The highest BCUT2D eigenvalue weighted by atomic mass is 16.5. The van der Waals surface area contributed by atoms with Gasteiger partial charge in [-0.15, -0.1) is 0 Å². The third kappa shape index (κ3) is 4.72. The van der Waals surface area contributed by atoms with Gasteiger partial charge in [-0.3, -0.25) is 4.79 Å². The summed E-state index contributed by atoms with van der Waals surface area (Å²) in [6, 6.07) is 14.9. The van der Waals surface area contributed by atoms with E-state index in [0.29, 0.717) is 0 Å². The zero-order chi connectivity index (χ0) is 15.8. The van der Waals surface area contributed by atoms with Crippen LogP contribution >= 0.6 is 0 Å². The summed E-state index contributed by atoms with van der Waals surface area (Å²) in [6.45, 7) is 0.0214. The molecular formula is C19H18O3. The number of carbonyl (C=O) groups is 1. The minimum atomic E-state index is -0.0814. The Morgan fingerprint density at radius 2 is 1.45 bits per heavy atom. The van der Waals surface area contributed by atoms with E-state index in [2.05, 4.69) is 0 Å². The predicted octanol–water partition coefficient (Wildman–Crippen LogP) is 3.48. The molecule has 3 heteroatoms. The topological polar surface area (TPSA) is 46.5 Å². The van der Waals surface area contributed by atoms with Crippen molar-refractivity contribution in [1.82, 2.24) is 0 Å².